The van der Waals surface area contributed by atoms with Gasteiger partial charge < -0.3 is 5.32 Å². The lowest BCUT2D eigenvalue weighted by atomic mass is 9.80. The molecule has 0 saturated heterocycles. The van der Waals surface area contributed by atoms with E-state index in [1.165, 1.54) is 54.9 Å². The summed E-state index contributed by atoms with van der Waals surface area (Å²) in [5, 5.41) is 9.45. The molecule has 0 radical (unpaired) electrons. The molecular weight excluding hydrogens is 573 g/mol. The summed E-state index contributed by atoms with van der Waals surface area (Å²) in [6.07, 6.45) is 12.0. The minimum atomic E-state index is -0.125. The third kappa shape index (κ3) is 4.33. The first kappa shape index (κ1) is 27.4. The Morgan fingerprint density at radius 2 is 1.23 bits per heavy atom. The molecule has 0 unspecified atom stereocenters. The highest BCUT2D eigenvalue weighted by atomic mass is 14.9. The molecule has 1 aliphatic carbocycles. The van der Waals surface area contributed by atoms with Crippen LogP contribution in [0.1, 0.15) is 30.7 Å². The Labute approximate surface area is 274 Å². The van der Waals surface area contributed by atoms with Crippen molar-refractivity contribution < 1.29 is 0 Å². The normalized spacial score (nSPS) is 14.5. The fraction of sp³-hybridized carbons (Fsp3) is 0.0930. The summed E-state index contributed by atoms with van der Waals surface area (Å²) in [6.45, 7) is 5.38. The molecule has 3 aromatic heterocycles. The van der Waals surface area contributed by atoms with Crippen molar-refractivity contribution in [2.45, 2.75) is 19.3 Å². The predicted octanol–water partition coefficient (Wildman–Crippen LogP) is 10.8. The molecule has 0 fully saturated rings. The van der Waals surface area contributed by atoms with Crippen molar-refractivity contribution in [3.05, 3.63) is 162 Å². The van der Waals surface area contributed by atoms with Crippen LogP contribution in [0.3, 0.4) is 0 Å². The first-order chi connectivity index (χ1) is 23.1. The number of nitrogens with zero attached hydrogens (tertiary/aromatic N) is 4. The van der Waals surface area contributed by atoms with E-state index in [0.717, 1.165) is 33.9 Å². The SMILES string of the molecule is CC1(C)c2ccccc2-c2cc3c(-c4ccc(-c5ccccn5)nc4)c4ccccc4c(-c4ccc(C5=CC=CC[N-]5)nc4)c3cc21. The van der Waals surface area contributed by atoms with Gasteiger partial charge in [0.05, 0.1) is 11.4 Å². The minimum absolute atomic E-state index is 0.125. The molecule has 47 heavy (non-hydrogen) atoms. The van der Waals surface area contributed by atoms with Gasteiger partial charge in [-0.05, 0) is 91.3 Å². The molecule has 4 nitrogen and oxygen atoms in total. The van der Waals surface area contributed by atoms with Crippen LogP contribution in [0.5, 0.6) is 0 Å². The lowest BCUT2D eigenvalue weighted by Gasteiger charge is -2.26. The van der Waals surface area contributed by atoms with Crippen LogP contribution in [0, 0.1) is 0 Å². The quantitative estimate of drug-likeness (QED) is 0.188. The zero-order valence-corrected chi connectivity index (χ0v) is 26.3. The predicted molar refractivity (Wildman–Crippen MR) is 194 cm³/mol. The smallest absolute Gasteiger partial charge is 0.0886 e. The summed E-state index contributed by atoms with van der Waals surface area (Å²) in [4.78, 5) is 14.4. The van der Waals surface area contributed by atoms with Crippen LogP contribution in [-0.4, -0.2) is 21.5 Å². The maximum absolute atomic E-state index is 4.93. The molecule has 9 rings (SSSR count). The maximum Gasteiger partial charge on any atom is 0.0886 e. The average Bonchev–Trinajstić information content (AvgIpc) is 3.36. The third-order valence-corrected chi connectivity index (χ3v) is 9.78. The number of aromatic nitrogens is 3. The Balaban J connectivity index is 1.34. The number of allylic oxidation sites excluding steroid dienone is 2. The molecule has 0 saturated carbocycles. The minimum Gasteiger partial charge on any atom is -0.679 e. The molecule has 4 heterocycles. The zero-order chi connectivity index (χ0) is 31.5. The van der Waals surface area contributed by atoms with Crippen molar-refractivity contribution in [1.82, 2.24) is 15.0 Å². The Bertz CT molecular complexity index is 2400. The number of pyridine rings is 3. The molecule has 7 aromatic rings. The van der Waals surface area contributed by atoms with Crippen LogP contribution in [-0.2, 0) is 5.41 Å². The highest BCUT2D eigenvalue weighted by molar-refractivity contribution is 6.22. The second-order valence-corrected chi connectivity index (χ2v) is 12.8. The summed E-state index contributed by atoms with van der Waals surface area (Å²) in [6, 6.07) is 37.0. The van der Waals surface area contributed by atoms with Gasteiger partial charge in [0.2, 0.25) is 0 Å². The van der Waals surface area contributed by atoms with Crippen LogP contribution in [0.25, 0.3) is 77.3 Å². The van der Waals surface area contributed by atoms with E-state index in [9.17, 15) is 0 Å². The van der Waals surface area contributed by atoms with Gasteiger partial charge in [-0.25, -0.2) is 0 Å². The van der Waals surface area contributed by atoms with Crippen LogP contribution >= 0.6 is 0 Å². The number of hydrogen-bond donors (Lipinski definition) is 0. The topological polar surface area (TPSA) is 52.8 Å². The third-order valence-electron chi connectivity index (χ3n) is 9.78. The van der Waals surface area contributed by atoms with Crippen LogP contribution in [0.15, 0.2) is 140 Å². The molecule has 1 aliphatic heterocycles. The first-order valence-corrected chi connectivity index (χ1v) is 16.1. The van der Waals surface area contributed by atoms with Gasteiger partial charge in [0.1, 0.15) is 0 Å². The van der Waals surface area contributed by atoms with E-state index in [0.29, 0.717) is 6.54 Å². The van der Waals surface area contributed by atoms with Gasteiger partial charge in [-0.1, -0.05) is 92.7 Å². The van der Waals surface area contributed by atoms with Crippen molar-refractivity contribution >= 4 is 27.2 Å². The van der Waals surface area contributed by atoms with Crippen molar-refractivity contribution in [3.63, 3.8) is 0 Å². The zero-order valence-electron chi connectivity index (χ0n) is 26.3. The largest absolute Gasteiger partial charge is 0.679 e. The average molecular weight is 604 g/mol. The van der Waals surface area contributed by atoms with Crippen molar-refractivity contribution in [2.75, 3.05) is 6.54 Å². The molecule has 0 spiro atoms. The summed E-state index contributed by atoms with van der Waals surface area (Å²) in [5.74, 6) is 0. The lowest BCUT2D eigenvalue weighted by Crippen LogP contribution is -2.14. The second-order valence-electron chi connectivity index (χ2n) is 12.8. The van der Waals surface area contributed by atoms with Crippen molar-refractivity contribution in [3.8, 4) is 44.8 Å². The summed E-state index contributed by atoms with van der Waals surface area (Å²) >= 11 is 0. The van der Waals surface area contributed by atoms with Gasteiger partial charge in [0.15, 0.2) is 0 Å². The Hall–Kier alpha value is -5.87. The van der Waals surface area contributed by atoms with Gasteiger partial charge in [-0.3, -0.25) is 15.0 Å². The van der Waals surface area contributed by atoms with E-state index in [1.54, 1.807) is 0 Å². The van der Waals surface area contributed by atoms with E-state index < -0.39 is 0 Å². The second kappa shape index (κ2) is 10.6. The van der Waals surface area contributed by atoms with E-state index in [4.69, 9.17) is 9.97 Å². The molecule has 0 atom stereocenters. The molecule has 4 aromatic carbocycles. The molecule has 224 valence electrons. The molecule has 0 N–H and O–H groups in total. The van der Waals surface area contributed by atoms with Gasteiger partial charge in [0.25, 0.3) is 0 Å². The monoisotopic (exact) mass is 603 g/mol. The highest BCUT2D eigenvalue weighted by Gasteiger charge is 2.36. The number of rotatable bonds is 4. The first-order valence-electron chi connectivity index (χ1n) is 16.1. The summed E-state index contributed by atoms with van der Waals surface area (Å²) < 4.78 is 0. The van der Waals surface area contributed by atoms with E-state index in [1.807, 2.05) is 42.9 Å². The highest BCUT2D eigenvalue weighted by Crippen LogP contribution is 2.53. The standard InChI is InChI=1S/C43H31N4/c1-43(2)35-14-6-5-11-29(35)32-23-33-34(24-36(32)43)42(28-18-20-40(47-26-28)38-16-8-10-22-45-38)31-13-4-3-12-30(31)41(33)27-17-19-39(46-25-27)37-15-7-9-21-44-37/h3-21,23-26H,22H2,1-2H3/q-1. The van der Waals surface area contributed by atoms with E-state index in [-0.39, 0.29) is 5.41 Å². The number of fused-ring (bicyclic) bond motifs is 5. The van der Waals surface area contributed by atoms with Crippen LogP contribution < -0.4 is 0 Å². The van der Waals surface area contributed by atoms with Gasteiger partial charge in [0, 0.05) is 40.8 Å². The Kier molecular flexibility index (Phi) is 6.19. The fourth-order valence-corrected chi connectivity index (χ4v) is 7.48. The fourth-order valence-electron chi connectivity index (χ4n) is 7.48. The van der Waals surface area contributed by atoms with Gasteiger partial charge >= 0.3 is 0 Å². The molecule has 4 heteroatoms. The molecule has 0 bridgehead atoms. The Morgan fingerprint density at radius 1 is 0.574 bits per heavy atom. The lowest BCUT2D eigenvalue weighted by molar-refractivity contribution is 0.661. The van der Waals surface area contributed by atoms with Gasteiger partial charge in [-0.2, -0.15) is 0 Å². The van der Waals surface area contributed by atoms with E-state index >= 15 is 0 Å². The van der Waals surface area contributed by atoms with Crippen LogP contribution in [0.2, 0.25) is 0 Å². The Morgan fingerprint density at radius 3 is 1.89 bits per heavy atom. The number of hydrogen-bond acceptors (Lipinski definition) is 3. The van der Waals surface area contributed by atoms with Crippen LogP contribution in [0.4, 0.5) is 0 Å². The van der Waals surface area contributed by atoms with Crippen molar-refractivity contribution in [2.24, 2.45) is 0 Å². The maximum atomic E-state index is 4.93. The van der Waals surface area contributed by atoms with Crippen molar-refractivity contribution in [1.29, 1.82) is 0 Å². The number of benzene rings is 4. The van der Waals surface area contributed by atoms with Gasteiger partial charge in [-0.15, -0.1) is 18.3 Å². The van der Waals surface area contributed by atoms with E-state index in [2.05, 4.69) is 121 Å². The molecule has 2 aliphatic rings. The molecular formula is C43H31N4-. The molecule has 0 amide bonds. The summed E-state index contributed by atoms with van der Waals surface area (Å²) in [7, 11) is 0. The summed E-state index contributed by atoms with van der Waals surface area (Å²) in [5.41, 5.74) is 13.3.